The van der Waals surface area contributed by atoms with E-state index in [-0.39, 0.29) is 18.8 Å². The van der Waals surface area contributed by atoms with Crippen molar-refractivity contribution in [1.29, 1.82) is 0 Å². The zero-order valence-electron chi connectivity index (χ0n) is 13.8. The van der Waals surface area contributed by atoms with Crippen LogP contribution in [-0.2, 0) is 0 Å². The Morgan fingerprint density at radius 2 is 2.00 bits per heavy atom. The third kappa shape index (κ3) is 3.06. The Kier molecular flexibility index (Phi) is 3.85. The standard InChI is InChI=1S/C18H22F2N2O2/c1-21-17-14-8-13(12-2-3-12)15(9-16(14)24-22-17)23-10-11-4-6-18(19,20)7-5-11/h8-9,11-12H,2-7,10H2,1H3,(H,21,22). The molecule has 2 saturated carbocycles. The van der Waals surface area contributed by atoms with Crippen LogP contribution < -0.4 is 10.1 Å². The number of rotatable bonds is 5. The lowest BCUT2D eigenvalue weighted by atomic mass is 9.87. The molecule has 1 N–H and O–H groups in total. The molecule has 0 aliphatic heterocycles. The summed E-state index contributed by atoms with van der Waals surface area (Å²) in [5, 5.41) is 8.01. The van der Waals surface area contributed by atoms with E-state index in [1.54, 1.807) is 0 Å². The van der Waals surface area contributed by atoms with Crippen molar-refractivity contribution >= 4 is 16.8 Å². The molecule has 24 heavy (non-hydrogen) atoms. The van der Waals surface area contributed by atoms with Crippen LogP contribution in [0.25, 0.3) is 11.0 Å². The van der Waals surface area contributed by atoms with E-state index in [2.05, 4.69) is 16.5 Å². The van der Waals surface area contributed by atoms with E-state index in [1.165, 1.54) is 5.56 Å². The number of anilines is 1. The van der Waals surface area contributed by atoms with Crippen LogP contribution in [0.15, 0.2) is 16.7 Å². The number of aromatic nitrogens is 1. The van der Waals surface area contributed by atoms with Gasteiger partial charge in [0.15, 0.2) is 11.4 Å². The molecule has 2 aromatic rings. The molecule has 6 heteroatoms. The zero-order chi connectivity index (χ0) is 16.7. The average Bonchev–Trinajstić information content (AvgIpc) is 3.33. The van der Waals surface area contributed by atoms with E-state index in [4.69, 9.17) is 9.26 Å². The molecule has 2 aliphatic rings. The highest BCUT2D eigenvalue weighted by Gasteiger charge is 2.35. The van der Waals surface area contributed by atoms with Crippen LogP contribution in [0.4, 0.5) is 14.6 Å². The second kappa shape index (κ2) is 5.90. The van der Waals surface area contributed by atoms with Gasteiger partial charge in [0.1, 0.15) is 5.75 Å². The van der Waals surface area contributed by atoms with Crippen LogP contribution >= 0.6 is 0 Å². The van der Waals surface area contributed by atoms with E-state index in [0.717, 1.165) is 29.8 Å². The van der Waals surface area contributed by atoms with Crippen molar-refractivity contribution in [1.82, 2.24) is 5.16 Å². The van der Waals surface area contributed by atoms with Crippen LogP contribution in [-0.4, -0.2) is 24.7 Å². The molecule has 2 fully saturated rings. The van der Waals surface area contributed by atoms with Gasteiger partial charge >= 0.3 is 0 Å². The molecule has 130 valence electrons. The summed E-state index contributed by atoms with van der Waals surface area (Å²) in [5.41, 5.74) is 1.87. The van der Waals surface area contributed by atoms with Gasteiger partial charge < -0.3 is 14.6 Å². The Morgan fingerprint density at radius 3 is 2.67 bits per heavy atom. The monoisotopic (exact) mass is 336 g/mol. The smallest absolute Gasteiger partial charge is 0.248 e. The van der Waals surface area contributed by atoms with Crippen molar-refractivity contribution in [2.75, 3.05) is 19.0 Å². The first-order valence-electron chi connectivity index (χ1n) is 8.67. The normalized spacial score (nSPS) is 21.1. The third-order valence-corrected chi connectivity index (χ3v) is 5.17. The zero-order valence-corrected chi connectivity index (χ0v) is 13.8. The molecule has 0 spiro atoms. The molecule has 0 amide bonds. The number of fused-ring (bicyclic) bond motifs is 1. The highest BCUT2D eigenvalue weighted by atomic mass is 19.3. The van der Waals surface area contributed by atoms with Gasteiger partial charge in [-0.1, -0.05) is 5.16 Å². The van der Waals surface area contributed by atoms with E-state index in [9.17, 15) is 8.78 Å². The van der Waals surface area contributed by atoms with Crippen LogP contribution in [0, 0.1) is 5.92 Å². The van der Waals surface area contributed by atoms with Crippen LogP contribution in [0.1, 0.15) is 50.0 Å². The lowest BCUT2D eigenvalue weighted by Gasteiger charge is -2.28. The van der Waals surface area contributed by atoms with Crippen molar-refractivity contribution in [3.05, 3.63) is 17.7 Å². The lowest BCUT2D eigenvalue weighted by Crippen LogP contribution is -2.27. The number of alkyl halides is 2. The Morgan fingerprint density at radius 1 is 1.25 bits per heavy atom. The van der Waals surface area contributed by atoms with Crippen molar-refractivity contribution in [3.63, 3.8) is 0 Å². The number of hydrogen-bond donors (Lipinski definition) is 1. The predicted molar refractivity (Wildman–Crippen MR) is 87.9 cm³/mol. The fourth-order valence-corrected chi connectivity index (χ4v) is 3.48. The number of ether oxygens (including phenoxy) is 1. The number of halogens is 2. The Balaban J connectivity index is 1.52. The molecule has 0 atom stereocenters. The molecule has 0 radical (unpaired) electrons. The molecule has 4 rings (SSSR count). The van der Waals surface area contributed by atoms with Crippen molar-refractivity contribution in [2.24, 2.45) is 5.92 Å². The molecule has 1 heterocycles. The molecule has 1 aromatic heterocycles. The molecular formula is C18H22F2N2O2. The number of nitrogens with one attached hydrogen (secondary N) is 1. The van der Waals surface area contributed by atoms with Gasteiger partial charge in [-0.15, -0.1) is 0 Å². The van der Waals surface area contributed by atoms with E-state index < -0.39 is 5.92 Å². The van der Waals surface area contributed by atoms with Gasteiger partial charge in [-0.2, -0.15) is 0 Å². The summed E-state index contributed by atoms with van der Waals surface area (Å²) < 4.78 is 37.9. The molecule has 0 unspecified atom stereocenters. The van der Waals surface area contributed by atoms with Gasteiger partial charge in [0, 0.05) is 26.0 Å². The van der Waals surface area contributed by atoms with Crippen molar-refractivity contribution in [2.45, 2.75) is 50.4 Å². The molecule has 1 aromatic carbocycles. The highest BCUT2D eigenvalue weighted by Crippen LogP contribution is 2.46. The summed E-state index contributed by atoms with van der Waals surface area (Å²) in [6.45, 7) is 0.494. The highest BCUT2D eigenvalue weighted by molar-refractivity contribution is 5.90. The van der Waals surface area contributed by atoms with E-state index in [0.29, 0.717) is 30.9 Å². The summed E-state index contributed by atoms with van der Waals surface area (Å²) >= 11 is 0. The number of benzene rings is 1. The Labute approximate surface area is 139 Å². The first-order chi connectivity index (χ1) is 11.6. The number of hydrogen-bond acceptors (Lipinski definition) is 4. The first-order valence-corrected chi connectivity index (χ1v) is 8.67. The van der Waals surface area contributed by atoms with Gasteiger partial charge in [0.05, 0.1) is 12.0 Å². The Bertz CT molecular complexity index is 730. The van der Waals surface area contributed by atoms with Gasteiger partial charge in [-0.25, -0.2) is 8.78 Å². The predicted octanol–water partition coefficient (Wildman–Crippen LogP) is 4.95. The average molecular weight is 336 g/mol. The van der Waals surface area contributed by atoms with Crippen molar-refractivity contribution < 1.29 is 18.0 Å². The SMILES string of the molecule is CNc1noc2cc(OCC3CCC(F)(F)CC3)c(C3CC3)cc12. The topological polar surface area (TPSA) is 47.3 Å². The maximum Gasteiger partial charge on any atom is 0.248 e. The summed E-state index contributed by atoms with van der Waals surface area (Å²) in [4.78, 5) is 0. The first kappa shape index (κ1) is 15.7. The van der Waals surface area contributed by atoms with Crippen LogP contribution in [0.3, 0.4) is 0 Å². The second-order valence-electron chi connectivity index (χ2n) is 7.05. The minimum Gasteiger partial charge on any atom is -0.493 e. The summed E-state index contributed by atoms with van der Waals surface area (Å²) in [7, 11) is 1.82. The maximum atomic E-state index is 13.3. The molecule has 2 aliphatic carbocycles. The summed E-state index contributed by atoms with van der Waals surface area (Å²) in [5.74, 6) is -0.207. The fourth-order valence-electron chi connectivity index (χ4n) is 3.48. The third-order valence-electron chi connectivity index (χ3n) is 5.17. The molecule has 0 saturated heterocycles. The quantitative estimate of drug-likeness (QED) is 0.839. The summed E-state index contributed by atoms with van der Waals surface area (Å²) in [6, 6.07) is 3.99. The largest absolute Gasteiger partial charge is 0.493 e. The van der Waals surface area contributed by atoms with Crippen molar-refractivity contribution in [3.8, 4) is 5.75 Å². The lowest BCUT2D eigenvalue weighted by molar-refractivity contribution is -0.0498. The minimum absolute atomic E-state index is 0.0246. The van der Waals surface area contributed by atoms with E-state index >= 15 is 0 Å². The van der Waals surface area contributed by atoms with E-state index in [1.807, 2.05) is 13.1 Å². The Hall–Kier alpha value is -1.85. The van der Waals surface area contributed by atoms with Gasteiger partial charge in [0.2, 0.25) is 5.92 Å². The van der Waals surface area contributed by atoms with Crippen LogP contribution in [0.5, 0.6) is 5.75 Å². The van der Waals surface area contributed by atoms with Gasteiger partial charge in [-0.3, -0.25) is 0 Å². The number of nitrogens with zero attached hydrogens (tertiary/aromatic N) is 1. The second-order valence-corrected chi connectivity index (χ2v) is 7.05. The fraction of sp³-hybridized carbons (Fsp3) is 0.611. The molecule has 4 nitrogen and oxygen atoms in total. The molecule has 0 bridgehead atoms. The maximum absolute atomic E-state index is 13.3. The minimum atomic E-state index is -2.49. The summed E-state index contributed by atoms with van der Waals surface area (Å²) in [6.07, 6.45) is 3.34. The van der Waals surface area contributed by atoms with Crippen LogP contribution in [0.2, 0.25) is 0 Å². The van der Waals surface area contributed by atoms with Gasteiger partial charge in [0.25, 0.3) is 0 Å². The van der Waals surface area contributed by atoms with Gasteiger partial charge in [-0.05, 0) is 49.1 Å². The molecular weight excluding hydrogens is 314 g/mol.